The summed E-state index contributed by atoms with van der Waals surface area (Å²) < 4.78 is 7.90. The van der Waals surface area contributed by atoms with Gasteiger partial charge in [0.15, 0.2) is 5.76 Å². The number of likely N-dealkylation sites (tertiary alicyclic amines) is 1. The van der Waals surface area contributed by atoms with Crippen LogP contribution in [-0.2, 0) is 17.9 Å². The number of nitrogens with zero attached hydrogens (tertiary/aromatic N) is 5. The number of hydrogen-bond acceptors (Lipinski definition) is 7. The van der Waals surface area contributed by atoms with Crippen LogP contribution in [0.15, 0.2) is 56.7 Å². The molecule has 5 rings (SSSR count). The van der Waals surface area contributed by atoms with Crippen molar-refractivity contribution in [3.63, 3.8) is 0 Å². The van der Waals surface area contributed by atoms with Gasteiger partial charge in [0, 0.05) is 43.4 Å². The molecule has 0 spiro atoms. The van der Waals surface area contributed by atoms with Gasteiger partial charge in [-0.25, -0.2) is 4.68 Å². The van der Waals surface area contributed by atoms with Crippen LogP contribution in [0, 0.1) is 16.0 Å². The maximum Gasteiger partial charge on any atom is 0.334 e. The van der Waals surface area contributed by atoms with Crippen LogP contribution in [0.4, 0.5) is 5.69 Å². The van der Waals surface area contributed by atoms with E-state index >= 15 is 0 Å². The Kier molecular flexibility index (Phi) is 4.72. The molecular formula is C21H19N5O6. The molecule has 5 heterocycles. The maximum atomic E-state index is 13.0. The average molecular weight is 437 g/mol. The second-order valence-electron chi connectivity index (χ2n) is 8.11. The zero-order valence-electron chi connectivity index (χ0n) is 16.9. The van der Waals surface area contributed by atoms with Crippen LogP contribution in [0.2, 0.25) is 0 Å². The van der Waals surface area contributed by atoms with E-state index in [1.807, 2.05) is 0 Å². The molecule has 1 amide bonds. The Morgan fingerprint density at radius 3 is 2.75 bits per heavy atom. The number of amides is 1. The third kappa shape index (κ3) is 3.41. The van der Waals surface area contributed by atoms with Crippen molar-refractivity contribution in [2.75, 3.05) is 13.1 Å². The summed E-state index contributed by atoms with van der Waals surface area (Å²) in [6, 6.07) is 9.16. The average Bonchev–Trinajstić information content (AvgIpc) is 3.30. The number of rotatable bonds is 4. The maximum absolute atomic E-state index is 13.0. The summed E-state index contributed by atoms with van der Waals surface area (Å²) in [4.78, 5) is 49.9. The Bertz CT molecular complexity index is 1330. The van der Waals surface area contributed by atoms with E-state index in [2.05, 4.69) is 5.10 Å². The zero-order chi connectivity index (χ0) is 22.4. The molecule has 3 aromatic heterocycles. The molecule has 3 aromatic rings. The first-order valence-corrected chi connectivity index (χ1v) is 10.2. The molecule has 2 aliphatic rings. The summed E-state index contributed by atoms with van der Waals surface area (Å²) in [5.41, 5.74) is -0.289. The Balaban J connectivity index is 1.37. The Morgan fingerprint density at radius 1 is 1.16 bits per heavy atom. The van der Waals surface area contributed by atoms with Crippen LogP contribution in [0.5, 0.6) is 0 Å². The fourth-order valence-electron chi connectivity index (χ4n) is 4.62. The normalized spacial score (nSPS) is 19.4. The van der Waals surface area contributed by atoms with Gasteiger partial charge in [-0.15, -0.1) is 0 Å². The molecule has 0 N–H and O–H groups in total. The first-order valence-electron chi connectivity index (χ1n) is 10.2. The summed E-state index contributed by atoms with van der Waals surface area (Å²) in [5.74, 6) is 0.154. The predicted octanol–water partition coefficient (Wildman–Crippen LogP) is 1.22. The molecule has 164 valence electrons. The molecule has 11 heteroatoms. The lowest BCUT2D eigenvalue weighted by Gasteiger charge is -2.42. The molecule has 2 aliphatic heterocycles. The number of piperidine rings is 1. The lowest BCUT2D eigenvalue weighted by molar-refractivity contribution is -0.386. The molecule has 1 saturated heterocycles. The van der Waals surface area contributed by atoms with Gasteiger partial charge in [-0.1, -0.05) is 0 Å². The van der Waals surface area contributed by atoms with Crippen molar-refractivity contribution in [3.05, 3.63) is 79.2 Å². The summed E-state index contributed by atoms with van der Waals surface area (Å²) in [6.45, 7) is 0.901. The molecule has 2 atom stereocenters. The van der Waals surface area contributed by atoms with Gasteiger partial charge >= 0.3 is 11.2 Å². The van der Waals surface area contributed by atoms with Crippen LogP contribution in [0.1, 0.15) is 18.0 Å². The summed E-state index contributed by atoms with van der Waals surface area (Å²) in [6.07, 6.45) is 2.30. The highest BCUT2D eigenvalue weighted by molar-refractivity contribution is 5.76. The molecule has 0 saturated carbocycles. The topological polar surface area (TPSA) is 133 Å². The number of aromatic nitrogens is 3. The standard InChI is InChI=1S/C21H19N5O6/c27-19-6-3-15(18-2-1-7-32-18)22-25(19)12-20(28)23-9-13-8-14(11-23)16-4-5-17(26(30)31)21(29)24(16)10-13/h1-7,13-14H,8-12H2/t13-,14+/m1/s1. The van der Waals surface area contributed by atoms with E-state index in [0.29, 0.717) is 36.8 Å². The van der Waals surface area contributed by atoms with Gasteiger partial charge in [0.25, 0.3) is 5.56 Å². The van der Waals surface area contributed by atoms with E-state index in [1.54, 1.807) is 29.2 Å². The first-order chi connectivity index (χ1) is 15.4. The van der Waals surface area contributed by atoms with E-state index in [1.165, 1.54) is 23.0 Å². The molecule has 0 aliphatic carbocycles. The minimum atomic E-state index is -0.669. The quantitative estimate of drug-likeness (QED) is 0.442. The van der Waals surface area contributed by atoms with Gasteiger partial charge in [0.05, 0.1) is 11.2 Å². The molecular weight excluding hydrogens is 418 g/mol. The summed E-state index contributed by atoms with van der Waals surface area (Å²) in [5, 5.41) is 15.3. The fourth-order valence-corrected chi connectivity index (χ4v) is 4.62. The summed E-state index contributed by atoms with van der Waals surface area (Å²) in [7, 11) is 0. The molecule has 32 heavy (non-hydrogen) atoms. The van der Waals surface area contributed by atoms with Crippen LogP contribution in [0.25, 0.3) is 11.5 Å². The minimum absolute atomic E-state index is 0.00374. The first kappa shape index (κ1) is 19.9. The van der Waals surface area contributed by atoms with Crippen molar-refractivity contribution < 1.29 is 14.1 Å². The lowest BCUT2D eigenvalue weighted by Crippen LogP contribution is -2.50. The van der Waals surface area contributed by atoms with E-state index in [9.17, 15) is 24.5 Å². The second kappa shape index (κ2) is 7.59. The smallest absolute Gasteiger partial charge is 0.334 e. The van der Waals surface area contributed by atoms with Gasteiger partial charge in [-0.05, 0) is 36.6 Å². The zero-order valence-corrected chi connectivity index (χ0v) is 16.9. The Morgan fingerprint density at radius 2 is 2.00 bits per heavy atom. The van der Waals surface area contributed by atoms with Gasteiger partial charge < -0.3 is 13.9 Å². The highest BCUT2D eigenvalue weighted by Gasteiger charge is 2.37. The number of furan rings is 1. The number of carbonyl (C=O) groups is 1. The Hall–Kier alpha value is -4.02. The SMILES string of the molecule is O=C(Cn1nc(-c2ccco2)ccc1=O)N1C[C@H]2C[C@@H](C1)c1ccc([N+](=O)[O-])c(=O)n1C2. The van der Waals surface area contributed by atoms with E-state index in [0.717, 1.165) is 11.1 Å². The van der Waals surface area contributed by atoms with Crippen molar-refractivity contribution in [2.45, 2.75) is 25.4 Å². The van der Waals surface area contributed by atoms with Crippen LogP contribution < -0.4 is 11.1 Å². The molecule has 0 aromatic carbocycles. The third-order valence-electron chi connectivity index (χ3n) is 6.06. The lowest BCUT2D eigenvalue weighted by atomic mass is 9.83. The second-order valence-corrected chi connectivity index (χ2v) is 8.11. The number of carbonyl (C=O) groups excluding carboxylic acids is 1. The monoisotopic (exact) mass is 437 g/mol. The summed E-state index contributed by atoms with van der Waals surface area (Å²) >= 11 is 0. The van der Waals surface area contributed by atoms with Crippen LogP contribution >= 0.6 is 0 Å². The molecule has 0 radical (unpaired) electrons. The van der Waals surface area contributed by atoms with Crippen LogP contribution in [-0.4, -0.2) is 43.2 Å². The molecule has 11 nitrogen and oxygen atoms in total. The van der Waals surface area contributed by atoms with Crippen molar-refractivity contribution in [3.8, 4) is 11.5 Å². The highest BCUT2D eigenvalue weighted by Crippen LogP contribution is 2.35. The number of nitro groups is 1. The van der Waals surface area contributed by atoms with Gasteiger partial charge in [-0.3, -0.25) is 24.5 Å². The molecule has 0 unspecified atom stereocenters. The van der Waals surface area contributed by atoms with Gasteiger partial charge in [-0.2, -0.15) is 5.10 Å². The van der Waals surface area contributed by atoms with Gasteiger partial charge in [0.2, 0.25) is 5.91 Å². The van der Waals surface area contributed by atoms with E-state index in [4.69, 9.17) is 4.42 Å². The van der Waals surface area contributed by atoms with Crippen molar-refractivity contribution in [1.29, 1.82) is 0 Å². The largest absolute Gasteiger partial charge is 0.463 e. The number of pyridine rings is 1. The van der Waals surface area contributed by atoms with Gasteiger partial charge in [0.1, 0.15) is 12.2 Å². The van der Waals surface area contributed by atoms with Crippen molar-refractivity contribution >= 4 is 11.6 Å². The van der Waals surface area contributed by atoms with Crippen LogP contribution in [0.3, 0.4) is 0 Å². The molecule has 1 fully saturated rings. The highest BCUT2D eigenvalue weighted by atomic mass is 16.6. The van der Waals surface area contributed by atoms with E-state index in [-0.39, 0.29) is 24.3 Å². The Labute approximate surface area is 180 Å². The fraction of sp³-hybridized carbons (Fsp3) is 0.333. The number of hydrogen-bond donors (Lipinski definition) is 0. The van der Waals surface area contributed by atoms with E-state index < -0.39 is 21.7 Å². The van der Waals surface area contributed by atoms with Crippen molar-refractivity contribution in [2.24, 2.45) is 5.92 Å². The predicted molar refractivity (Wildman–Crippen MR) is 111 cm³/mol. The molecule has 2 bridgehead atoms. The van der Waals surface area contributed by atoms with Crippen molar-refractivity contribution in [1.82, 2.24) is 19.2 Å². The number of fused-ring (bicyclic) bond motifs is 4. The third-order valence-corrected chi connectivity index (χ3v) is 6.06. The minimum Gasteiger partial charge on any atom is -0.463 e.